The molecule has 1 aliphatic rings. The van der Waals surface area contributed by atoms with Gasteiger partial charge in [0, 0.05) is 31.0 Å². The average molecular weight is 410 g/mol. The summed E-state index contributed by atoms with van der Waals surface area (Å²) < 4.78 is 20.7. The lowest BCUT2D eigenvalue weighted by molar-refractivity contribution is 0.0209. The minimum absolute atomic E-state index is 0.275. The van der Waals surface area contributed by atoms with Crippen molar-refractivity contribution in [1.82, 2.24) is 14.7 Å². The van der Waals surface area contributed by atoms with Gasteiger partial charge in [0.05, 0.1) is 19.3 Å². The van der Waals surface area contributed by atoms with Crippen LogP contribution < -0.4 is 4.74 Å². The zero-order chi connectivity index (χ0) is 21.0. The number of aliphatic hydroxyl groups is 1. The van der Waals surface area contributed by atoms with E-state index >= 15 is 0 Å². The fraction of sp³-hybridized carbons (Fsp3) is 0.375. The van der Waals surface area contributed by atoms with E-state index in [2.05, 4.69) is 22.1 Å². The lowest BCUT2D eigenvalue weighted by Crippen LogP contribution is -2.29. The Balaban J connectivity index is 1.45. The second kappa shape index (κ2) is 8.98. The molecule has 0 spiro atoms. The van der Waals surface area contributed by atoms with Crippen molar-refractivity contribution in [2.24, 2.45) is 0 Å². The molecular weight excluding hydrogens is 381 g/mol. The van der Waals surface area contributed by atoms with Crippen molar-refractivity contribution in [3.63, 3.8) is 0 Å². The molecule has 6 heteroatoms. The van der Waals surface area contributed by atoms with Crippen molar-refractivity contribution < 1.29 is 14.2 Å². The van der Waals surface area contributed by atoms with Gasteiger partial charge in [-0.05, 0) is 67.3 Å². The predicted molar refractivity (Wildman–Crippen MR) is 114 cm³/mol. The highest BCUT2D eigenvalue weighted by atomic mass is 19.1. The molecule has 0 aliphatic carbocycles. The standard InChI is InChI=1S/C24H28FN3O2/c1-30-23-9-4-19(16-20(23)18-28-14-3-12-26-28)17-27-13-2-10-24(29,11-15-27)21-5-7-22(25)8-6-21/h3-9,12,14,16,29H,2,10-11,13,15,17-18H2,1H3/t24-/m1/s1. The molecule has 0 unspecified atom stereocenters. The third kappa shape index (κ3) is 4.71. The number of hydrogen-bond donors (Lipinski definition) is 1. The molecular formula is C24H28FN3O2. The van der Waals surface area contributed by atoms with Crippen molar-refractivity contribution in [2.45, 2.75) is 38.0 Å². The monoisotopic (exact) mass is 409 g/mol. The number of halogens is 1. The number of methoxy groups -OCH3 is 1. The zero-order valence-corrected chi connectivity index (χ0v) is 17.3. The highest BCUT2D eigenvalue weighted by Gasteiger charge is 2.32. The summed E-state index contributed by atoms with van der Waals surface area (Å²) in [6, 6.07) is 14.5. The van der Waals surface area contributed by atoms with Crippen LogP contribution in [0.1, 0.15) is 36.0 Å². The van der Waals surface area contributed by atoms with Crippen molar-refractivity contribution in [3.8, 4) is 5.75 Å². The maximum atomic E-state index is 13.3. The Morgan fingerprint density at radius 3 is 2.67 bits per heavy atom. The Bertz CT molecular complexity index is 959. The number of ether oxygens (including phenoxy) is 1. The highest BCUT2D eigenvalue weighted by molar-refractivity contribution is 5.37. The number of likely N-dealkylation sites (tertiary alicyclic amines) is 1. The van der Waals surface area contributed by atoms with Crippen LogP contribution in [0.3, 0.4) is 0 Å². The third-order valence-corrected chi connectivity index (χ3v) is 5.93. The first-order valence-electron chi connectivity index (χ1n) is 10.4. The van der Waals surface area contributed by atoms with Gasteiger partial charge in [0.1, 0.15) is 11.6 Å². The van der Waals surface area contributed by atoms with E-state index in [4.69, 9.17) is 4.74 Å². The molecule has 1 N–H and O–H groups in total. The Morgan fingerprint density at radius 1 is 1.10 bits per heavy atom. The van der Waals surface area contributed by atoms with E-state index < -0.39 is 5.60 Å². The van der Waals surface area contributed by atoms with E-state index in [9.17, 15) is 9.50 Å². The van der Waals surface area contributed by atoms with Gasteiger partial charge in [-0.2, -0.15) is 5.10 Å². The Morgan fingerprint density at radius 2 is 1.93 bits per heavy atom. The van der Waals surface area contributed by atoms with Crippen molar-refractivity contribution >= 4 is 0 Å². The molecule has 0 radical (unpaired) electrons. The van der Waals surface area contributed by atoms with Gasteiger partial charge < -0.3 is 9.84 Å². The predicted octanol–water partition coefficient (Wildman–Crippen LogP) is 3.95. The van der Waals surface area contributed by atoms with Gasteiger partial charge in [0.25, 0.3) is 0 Å². The fourth-order valence-corrected chi connectivity index (χ4v) is 4.26. The topological polar surface area (TPSA) is 50.5 Å². The molecule has 1 aliphatic heterocycles. The van der Waals surface area contributed by atoms with E-state index in [1.165, 1.54) is 17.7 Å². The molecule has 158 valence electrons. The quantitative estimate of drug-likeness (QED) is 0.670. The maximum Gasteiger partial charge on any atom is 0.123 e. The zero-order valence-electron chi connectivity index (χ0n) is 17.3. The second-order valence-corrected chi connectivity index (χ2v) is 8.02. The van der Waals surface area contributed by atoms with Crippen molar-refractivity contribution in [1.29, 1.82) is 0 Å². The lowest BCUT2D eigenvalue weighted by Gasteiger charge is -2.27. The van der Waals surface area contributed by atoms with Crippen LogP contribution in [-0.4, -0.2) is 40.0 Å². The van der Waals surface area contributed by atoms with E-state index in [-0.39, 0.29) is 5.82 Å². The van der Waals surface area contributed by atoms with Crippen LogP contribution in [0.5, 0.6) is 5.75 Å². The molecule has 4 rings (SSSR count). The summed E-state index contributed by atoms with van der Waals surface area (Å²) in [4.78, 5) is 2.38. The van der Waals surface area contributed by atoms with Gasteiger partial charge in [0.2, 0.25) is 0 Å². The molecule has 0 bridgehead atoms. The normalized spacial score (nSPS) is 20.1. The van der Waals surface area contributed by atoms with Crippen LogP contribution in [-0.2, 0) is 18.7 Å². The maximum absolute atomic E-state index is 13.3. The molecule has 3 aromatic rings. The third-order valence-electron chi connectivity index (χ3n) is 5.93. The minimum atomic E-state index is -0.895. The van der Waals surface area contributed by atoms with Crippen LogP contribution in [0.2, 0.25) is 0 Å². The van der Waals surface area contributed by atoms with Gasteiger partial charge in [-0.25, -0.2) is 4.39 Å². The van der Waals surface area contributed by atoms with Crippen LogP contribution >= 0.6 is 0 Å². The van der Waals surface area contributed by atoms with Gasteiger partial charge >= 0.3 is 0 Å². The van der Waals surface area contributed by atoms with Crippen LogP contribution in [0, 0.1) is 5.82 Å². The summed E-state index contributed by atoms with van der Waals surface area (Å²) in [5.41, 5.74) is 2.21. The lowest BCUT2D eigenvalue weighted by atomic mass is 9.87. The summed E-state index contributed by atoms with van der Waals surface area (Å²) in [6.07, 6.45) is 5.93. The molecule has 1 atom stereocenters. The van der Waals surface area contributed by atoms with Crippen LogP contribution in [0.25, 0.3) is 0 Å². The van der Waals surface area contributed by atoms with Crippen molar-refractivity contribution in [3.05, 3.63) is 83.4 Å². The number of benzene rings is 2. The molecule has 2 heterocycles. The molecule has 2 aromatic carbocycles. The van der Waals surface area contributed by atoms with Gasteiger partial charge in [-0.15, -0.1) is 0 Å². The Kier molecular flexibility index (Phi) is 6.16. The van der Waals surface area contributed by atoms with Crippen molar-refractivity contribution in [2.75, 3.05) is 20.2 Å². The SMILES string of the molecule is COc1ccc(CN2CCC[C@](O)(c3ccc(F)cc3)CC2)cc1Cn1cccn1. The Labute approximate surface area is 176 Å². The van der Waals surface area contributed by atoms with Crippen LogP contribution in [0.4, 0.5) is 4.39 Å². The molecule has 0 amide bonds. The molecule has 1 fully saturated rings. The molecule has 0 saturated carbocycles. The van der Waals surface area contributed by atoms with E-state index in [1.807, 2.05) is 23.0 Å². The smallest absolute Gasteiger partial charge is 0.123 e. The van der Waals surface area contributed by atoms with Gasteiger partial charge in [0.15, 0.2) is 0 Å². The van der Waals surface area contributed by atoms with E-state index in [0.29, 0.717) is 19.4 Å². The summed E-state index contributed by atoms with van der Waals surface area (Å²) in [5, 5.41) is 15.5. The summed E-state index contributed by atoms with van der Waals surface area (Å²) in [6.45, 7) is 3.18. The number of nitrogens with zero attached hydrogens (tertiary/aromatic N) is 3. The molecule has 5 nitrogen and oxygen atoms in total. The van der Waals surface area contributed by atoms with E-state index in [1.54, 1.807) is 25.4 Å². The largest absolute Gasteiger partial charge is 0.496 e. The number of aromatic nitrogens is 2. The average Bonchev–Trinajstić information content (AvgIpc) is 3.18. The number of hydrogen-bond acceptors (Lipinski definition) is 4. The highest BCUT2D eigenvalue weighted by Crippen LogP contribution is 2.33. The molecule has 1 saturated heterocycles. The minimum Gasteiger partial charge on any atom is -0.496 e. The molecule has 30 heavy (non-hydrogen) atoms. The first kappa shape index (κ1) is 20.6. The fourth-order valence-electron chi connectivity index (χ4n) is 4.26. The molecule has 1 aromatic heterocycles. The van der Waals surface area contributed by atoms with Gasteiger partial charge in [-0.3, -0.25) is 9.58 Å². The van der Waals surface area contributed by atoms with Gasteiger partial charge in [-0.1, -0.05) is 18.2 Å². The summed E-state index contributed by atoms with van der Waals surface area (Å²) >= 11 is 0. The first-order chi connectivity index (χ1) is 14.6. The second-order valence-electron chi connectivity index (χ2n) is 8.02. The van der Waals surface area contributed by atoms with Crippen LogP contribution in [0.15, 0.2) is 60.9 Å². The summed E-state index contributed by atoms with van der Waals surface area (Å²) in [5.74, 6) is 0.582. The number of rotatable bonds is 6. The first-order valence-corrected chi connectivity index (χ1v) is 10.4. The van der Waals surface area contributed by atoms with E-state index in [0.717, 1.165) is 42.9 Å². The summed E-state index contributed by atoms with van der Waals surface area (Å²) in [7, 11) is 1.69. The Hall–Kier alpha value is -2.70.